The molecule has 0 bridgehead atoms. The first-order chi connectivity index (χ1) is 11.7. The second-order valence-corrected chi connectivity index (χ2v) is 4.93. The van der Waals surface area contributed by atoms with Gasteiger partial charge in [-0.05, 0) is 30.3 Å². The van der Waals surface area contributed by atoms with Crippen LogP contribution in [0, 0.1) is 5.82 Å². The Balaban J connectivity index is 1.60. The monoisotopic (exact) mass is 323 g/mol. The summed E-state index contributed by atoms with van der Waals surface area (Å²) in [7, 11) is 0. The molecule has 0 aliphatic heterocycles. The lowest BCUT2D eigenvalue weighted by Crippen LogP contribution is -2.13. The van der Waals surface area contributed by atoms with Crippen molar-refractivity contribution in [3.63, 3.8) is 0 Å². The molecule has 3 rings (SSSR count). The van der Waals surface area contributed by atoms with Gasteiger partial charge in [0.2, 0.25) is 5.95 Å². The minimum atomic E-state index is -0.418. The topological polar surface area (TPSA) is 79.8 Å². The van der Waals surface area contributed by atoms with Crippen LogP contribution in [0.25, 0.3) is 0 Å². The van der Waals surface area contributed by atoms with E-state index < -0.39 is 11.7 Å². The number of rotatable bonds is 5. The fraction of sp³-hybridized carbons (Fsp3) is 0.0588. The molecule has 2 N–H and O–H groups in total. The fourth-order valence-electron chi connectivity index (χ4n) is 1.98. The molecule has 2 heterocycles. The number of halogens is 1. The third-order valence-corrected chi connectivity index (χ3v) is 3.15. The van der Waals surface area contributed by atoms with E-state index in [4.69, 9.17) is 0 Å². The summed E-state index contributed by atoms with van der Waals surface area (Å²) in [6.45, 7) is 0.482. The van der Waals surface area contributed by atoms with E-state index in [0.717, 1.165) is 5.69 Å². The number of hydrogen-bond acceptors (Lipinski definition) is 5. The highest BCUT2D eigenvalue weighted by molar-refractivity contribution is 6.03. The van der Waals surface area contributed by atoms with Gasteiger partial charge in [-0.1, -0.05) is 12.1 Å². The van der Waals surface area contributed by atoms with Crippen molar-refractivity contribution in [1.29, 1.82) is 0 Å². The number of aromatic nitrogens is 3. The zero-order chi connectivity index (χ0) is 16.8. The quantitative estimate of drug-likeness (QED) is 0.755. The molecule has 24 heavy (non-hydrogen) atoms. The van der Waals surface area contributed by atoms with Gasteiger partial charge in [-0.3, -0.25) is 9.78 Å². The largest absolute Gasteiger partial charge is 0.349 e. The maximum atomic E-state index is 13.1. The van der Waals surface area contributed by atoms with Crippen LogP contribution >= 0.6 is 0 Å². The number of carbonyl (C=O) groups is 1. The molecule has 1 amide bonds. The van der Waals surface area contributed by atoms with E-state index in [0.29, 0.717) is 18.2 Å². The molecule has 7 heteroatoms. The van der Waals surface area contributed by atoms with Crippen molar-refractivity contribution in [3.05, 3.63) is 78.1 Å². The third kappa shape index (κ3) is 4.10. The van der Waals surface area contributed by atoms with Crippen LogP contribution in [0.1, 0.15) is 16.1 Å². The predicted octanol–water partition coefficient (Wildman–Crippen LogP) is 2.88. The number of benzene rings is 1. The van der Waals surface area contributed by atoms with Crippen LogP contribution in [0.15, 0.2) is 61.1 Å². The second-order valence-electron chi connectivity index (χ2n) is 4.93. The van der Waals surface area contributed by atoms with E-state index in [9.17, 15) is 9.18 Å². The first-order valence-corrected chi connectivity index (χ1v) is 7.23. The van der Waals surface area contributed by atoms with Crippen molar-refractivity contribution in [2.75, 3.05) is 10.6 Å². The number of hydrogen-bond donors (Lipinski definition) is 2. The summed E-state index contributed by atoms with van der Waals surface area (Å²) in [5, 5.41) is 5.61. The van der Waals surface area contributed by atoms with Gasteiger partial charge in [0.1, 0.15) is 5.82 Å². The molecule has 0 spiro atoms. The molecule has 3 aromatic rings. The lowest BCUT2D eigenvalue weighted by atomic mass is 10.2. The summed E-state index contributed by atoms with van der Waals surface area (Å²) in [4.78, 5) is 24.4. The Morgan fingerprint density at radius 3 is 2.58 bits per heavy atom. The molecule has 0 atom stereocenters. The minimum Gasteiger partial charge on any atom is -0.349 e. The number of pyridine rings is 1. The van der Waals surface area contributed by atoms with Gasteiger partial charge in [-0.15, -0.1) is 0 Å². The molecule has 0 unspecified atom stereocenters. The smallest absolute Gasteiger partial charge is 0.258 e. The SMILES string of the molecule is O=C(Nc1cccc(F)c1)c1cnc(NCc2ccccn2)nc1. The van der Waals surface area contributed by atoms with Crippen molar-refractivity contribution in [2.24, 2.45) is 0 Å². The van der Waals surface area contributed by atoms with Gasteiger partial charge < -0.3 is 10.6 Å². The van der Waals surface area contributed by atoms with Crippen molar-refractivity contribution in [3.8, 4) is 0 Å². The van der Waals surface area contributed by atoms with E-state index in [-0.39, 0.29) is 5.56 Å². The number of carbonyl (C=O) groups excluding carboxylic acids is 1. The first kappa shape index (κ1) is 15.5. The van der Waals surface area contributed by atoms with E-state index >= 15 is 0 Å². The fourth-order valence-corrected chi connectivity index (χ4v) is 1.98. The van der Waals surface area contributed by atoms with Crippen molar-refractivity contribution in [2.45, 2.75) is 6.54 Å². The van der Waals surface area contributed by atoms with E-state index in [1.165, 1.54) is 30.6 Å². The first-order valence-electron chi connectivity index (χ1n) is 7.23. The summed E-state index contributed by atoms with van der Waals surface area (Å²) < 4.78 is 13.1. The Morgan fingerprint density at radius 1 is 1.04 bits per heavy atom. The van der Waals surface area contributed by atoms with E-state index in [1.807, 2.05) is 18.2 Å². The lowest BCUT2D eigenvalue weighted by Gasteiger charge is -2.06. The average molecular weight is 323 g/mol. The second kappa shape index (κ2) is 7.28. The van der Waals surface area contributed by atoms with Gasteiger partial charge in [-0.25, -0.2) is 14.4 Å². The molecule has 2 aromatic heterocycles. The normalized spacial score (nSPS) is 10.2. The van der Waals surface area contributed by atoms with Gasteiger partial charge in [0.25, 0.3) is 5.91 Å². The maximum Gasteiger partial charge on any atom is 0.258 e. The summed E-state index contributed by atoms with van der Waals surface area (Å²) in [6, 6.07) is 11.3. The van der Waals surface area contributed by atoms with E-state index in [1.54, 1.807) is 12.3 Å². The highest BCUT2D eigenvalue weighted by atomic mass is 19.1. The molecule has 0 radical (unpaired) electrons. The van der Waals surface area contributed by atoms with Crippen molar-refractivity contribution in [1.82, 2.24) is 15.0 Å². The molecule has 0 saturated carbocycles. The summed E-state index contributed by atoms with van der Waals surface area (Å²) in [5.41, 5.74) is 1.51. The molecule has 6 nitrogen and oxygen atoms in total. The van der Waals surface area contributed by atoms with Crippen LogP contribution in [-0.4, -0.2) is 20.9 Å². The summed E-state index contributed by atoms with van der Waals surface area (Å²) in [5.74, 6) is -0.432. The lowest BCUT2D eigenvalue weighted by molar-refractivity contribution is 0.102. The van der Waals surface area contributed by atoms with Gasteiger partial charge in [0.05, 0.1) is 17.8 Å². The highest BCUT2D eigenvalue weighted by Crippen LogP contribution is 2.11. The maximum absolute atomic E-state index is 13.1. The molecular formula is C17H14FN5O. The molecule has 1 aromatic carbocycles. The Kier molecular flexibility index (Phi) is 4.71. The Labute approximate surface area is 137 Å². The van der Waals surface area contributed by atoms with Gasteiger partial charge >= 0.3 is 0 Å². The zero-order valence-electron chi connectivity index (χ0n) is 12.6. The molecule has 0 fully saturated rings. The Bertz CT molecular complexity index is 824. The van der Waals surface area contributed by atoms with Crippen LogP contribution in [0.3, 0.4) is 0 Å². The predicted molar refractivity (Wildman–Crippen MR) is 87.9 cm³/mol. The minimum absolute atomic E-state index is 0.280. The molecule has 0 aliphatic carbocycles. The summed E-state index contributed by atoms with van der Waals surface area (Å²) >= 11 is 0. The zero-order valence-corrected chi connectivity index (χ0v) is 12.6. The number of nitrogens with zero attached hydrogens (tertiary/aromatic N) is 3. The Hall–Kier alpha value is -3.35. The summed E-state index contributed by atoms with van der Waals surface area (Å²) in [6.07, 6.45) is 4.52. The van der Waals surface area contributed by atoms with Crippen LogP contribution in [0.4, 0.5) is 16.0 Å². The molecule has 0 saturated heterocycles. The Morgan fingerprint density at radius 2 is 1.88 bits per heavy atom. The molecule has 120 valence electrons. The molecule has 0 aliphatic rings. The van der Waals surface area contributed by atoms with Crippen LogP contribution < -0.4 is 10.6 Å². The third-order valence-electron chi connectivity index (χ3n) is 3.15. The average Bonchev–Trinajstić information content (AvgIpc) is 2.61. The van der Waals surface area contributed by atoms with Crippen LogP contribution in [0.5, 0.6) is 0 Å². The van der Waals surface area contributed by atoms with Crippen molar-refractivity contribution < 1.29 is 9.18 Å². The van der Waals surface area contributed by atoms with Crippen LogP contribution in [-0.2, 0) is 6.54 Å². The van der Waals surface area contributed by atoms with Gasteiger partial charge in [0, 0.05) is 24.3 Å². The number of amides is 1. The van der Waals surface area contributed by atoms with E-state index in [2.05, 4.69) is 25.6 Å². The highest BCUT2D eigenvalue weighted by Gasteiger charge is 2.08. The van der Waals surface area contributed by atoms with Gasteiger partial charge in [0.15, 0.2) is 0 Å². The molecular weight excluding hydrogens is 309 g/mol. The number of anilines is 2. The van der Waals surface area contributed by atoms with Crippen molar-refractivity contribution >= 4 is 17.5 Å². The van der Waals surface area contributed by atoms with Gasteiger partial charge in [-0.2, -0.15) is 0 Å². The standard InChI is InChI=1S/C17H14FN5O/c18-13-4-3-6-14(8-13)23-16(24)12-9-20-17(21-10-12)22-11-15-5-1-2-7-19-15/h1-10H,11H2,(H,23,24)(H,20,21,22). The number of nitrogens with one attached hydrogen (secondary N) is 2. The van der Waals surface area contributed by atoms with Crippen LogP contribution in [0.2, 0.25) is 0 Å².